The molecule has 1 saturated heterocycles. The monoisotopic (exact) mass is 422 g/mol. The number of nitrogens with two attached hydrogens (primary N) is 1. The molecule has 11 heteroatoms. The van der Waals surface area contributed by atoms with Crippen molar-refractivity contribution in [1.29, 1.82) is 0 Å². The van der Waals surface area contributed by atoms with Crippen molar-refractivity contribution in [2.24, 2.45) is 5.92 Å². The highest BCUT2D eigenvalue weighted by atomic mass is 19.4. The average Bonchev–Trinajstić information content (AvgIpc) is 2.67. The number of benzene rings is 1. The van der Waals surface area contributed by atoms with Crippen LogP contribution in [-0.2, 0) is 16.0 Å². The van der Waals surface area contributed by atoms with Crippen LogP contribution in [0.4, 0.5) is 23.8 Å². The number of likely N-dealkylation sites (tertiary alicyclic amines) is 1. The summed E-state index contributed by atoms with van der Waals surface area (Å²) in [4.78, 5) is 40.6. The van der Waals surface area contributed by atoms with Crippen LogP contribution in [-0.4, -0.2) is 45.1 Å². The minimum Gasteiger partial charge on any atom is -0.480 e. The van der Waals surface area contributed by atoms with Crippen molar-refractivity contribution in [2.75, 3.05) is 5.73 Å². The van der Waals surface area contributed by atoms with Gasteiger partial charge in [0.25, 0.3) is 0 Å². The molecule has 1 aromatic heterocycles. The van der Waals surface area contributed by atoms with Crippen molar-refractivity contribution >= 4 is 23.7 Å². The quantitative estimate of drug-likeness (QED) is 0.634. The first-order chi connectivity index (χ1) is 14.1. The lowest BCUT2D eigenvalue weighted by molar-refractivity contribution is -0.168. The maximum atomic E-state index is 13.5. The topological polar surface area (TPSA) is 126 Å². The van der Waals surface area contributed by atoms with E-state index in [1.807, 2.05) is 0 Å². The van der Waals surface area contributed by atoms with Crippen LogP contribution in [0.25, 0.3) is 0 Å². The predicted molar refractivity (Wildman–Crippen MR) is 97.9 cm³/mol. The van der Waals surface area contributed by atoms with Crippen molar-refractivity contribution in [2.45, 2.75) is 24.7 Å². The van der Waals surface area contributed by atoms with E-state index in [1.165, 1.54) is 48.7 Å². The molecule has 3 unspecified atom stereocenters. The van der Waals surface area contributed by atoms with Gasteiger partial charge in [-0.3, -0.25) is 4.79 Å². The van der Waals surface area contributed by atoms with E-state index in [0.29, 0.717) is 10.5 Å². The summed E-state index contributed by atoms with van der Waals surface area (Å²) in [5.74, 6) is -3.34. The number of hydrogen-bond donors (Lipinski definition) is 3. The van der Waals surface area contributed by atoms with Gasteiger partial charge in [0.2, 0.25) is 5.91 Å². The number of pyridine rings is 1. The number of carbonyl (C=O) groups is 3. The number of halogens is 3. The van der Waals surface area contributed by atoms with Gasteiger partial charge in [-0.15, -0.1) is 0 Å². The summed E-state index contributed by atoms with van der Waals surface area (Å²) in [5, 5.41) is 11.2. The number of aromatic nitrogens is 1. The minimum absolute atomic E-state index is 0.0479. The molecule has 3 rings (SSSR count). The number of carboxylic acid groups (broad SMARTS) is 1. The standard InChI is InChI=1S/C19H17F3N4O4/c20-19(21,22)15(11-4-2-1-3-5-11)25-18(30)26-14(17(28)29)12(16(26)27)8-10-6-7-24-13(23)9-10/h1-7,9,12,14-15H,8H2,(H2,23,24)(H,25,30)(H,28,29). The molecule has 3 atom stereocenters. The number of nitrogens with zero attached hydrogens (tertiary/aromatic N) is 2. The van der Waals surface area contributed by atoms with Crippen molar-refractivity contribution < 1.29 is 32.7 Å². The average molecular weight is 422 g/mol. The smallest absolute Gasteiger partial charge is 0.412 e. The number of β-lactam (4-membered cyclic amide) rings is 1. The molecule has 4 N–H and O–H groups in total. The lowest BCUT2D eigenvalue weighted by Crippen LogP contribution is -2.69. The number of aliphatic carboxylic acids is 1. The van der Waals surface area contributed by atoms with Crippen molar-refractivity contribution in [1.82, 2.24) is 15.2 Å². The zero-order valence-corrected chi connectivity index (χ0v) is 15.3. The number of carboxylic acids is 1. The first-order valence-electron chi connectivity index (χ1n) is 8.78. The van der Waals surface area contributed by atoms with Gasteiger partial charge in [0.1, 0.15) is 5.82 Å². The van der Waals surface area contributed by atoms with Gasteiger partial charge in [-0.1, -0.05) is 30.3 Å². The Morgan fingerprint density at radius 3 is 2.47 bits per heavy atom. The van der Waals surface area contributed by atoms with E-state index in [0.717, 1.165) is 0 Å². The number of alkyl halides is 3. The Morgan fingerprint density at radius 1 is 1.23 bits per heavy atom. The highest BCUT2D eigenvalue weighted by molar-refractivity contribution is 6.07. The zero-order chi connectivity index (χ0) is 22.1. The fraction of sp³-hybridized carbons (Fsp3) is 0.263. The van der Waals surface area contributed by atoms with Gasteiger partial charge in [0, 0.05) is 6.20 Å². The van der Waals surface area contributed by atoms with Gasteiger partial charge in [0.05, 0.1) is 5.92 Å². The number of anilines is 1. The maximum absolute atomic E-state index is 13.5. The SMILES string of the molecule is Nc1cc(CC2C(=O)N(C(=O)NC(c3ccccc3)C(F)(F)F)C2C(=O)O)ccn1. The fourth-order valence-corrected chi connectivity index (χ4v) is 3.32. The molecule has 2 heterocycles. The van der Waals surface area contributed by atoms with Crippen LogP contribution in [0, 0.1) is 5.92 Å². The molecule has 30 heavy (non-hydrogen) atoms. The van der Waals surface area contributed by atoms with Gasteiger partial charge < -0.3 is 16.2 Å². The first kappa shape index (κ1) is 21.1. The van der Waals surface area contributed by atoms with E-state index in [2.05, 4.69) is 4.98 Å². The van der Waals surface area contributed by atoms with Crippen molar-refractivity contribution in [3.05, 3.63) is 59.8 Å². The molecule has 8 nitrogen and oxygen atoms in total. The number of rotatable bonds is 5. The van der Waals surface area contributed by atoms with E-state index in [1.54, 1.807) is 5.32 Å². The molecule has 1 aliphatic rings. The summed E-state index contributed by atoms with van der Waals surface area (Å²) in [6.45, 7) is 0. The van der Waals surface area contributed by atoms with Gasteiger partial charge >= 0.3 is 18.2 Å². The normalized spacial score (nSPS) is 19.7. The van der Waals surface area contributed by atoms with Crippen molar-refractivity contribution in [3.8, 4) is 0 Å². The molecule has 0 saturated carbocycles. The Morgan fingerprint density at radius 2 is 1.90 bits per heavy atom. The fourth-order valence-electron chi connectivity index (χ4n) is 3.32. The maximum Gasteiger partial charge on any atom is 0.412 e. The van der Waals surface area contributed by atoms with Gasteiger partial charge in [-0.2, -0.15) is 13.2 Å². The molecule has 0 radical (unpaired) electrons. The summed E-state index contributed by atoms with van der Waals surface area (Å²) in [6, 6.07) is 4.13. The second-order valence-electron chi connectivity index (χ2n) is 6.73. The number of urea groups is 1. The molecule has 1 fully saturated rings. The van der Waals surface area contributed by atoms with E-state index in [9.17, 15) is 32.7 Å². The molecule has 1 aliphatic heterocycles. The second kappa shape index (κ2) is 8.01. The highest BCUT2D eigenvalue weighted by Gasteiger charge is 2.55. The molecule has 1 aromatic carbocycles. The number of hydrogen-bond acceptors (Lipinski definition) is 5. The number of nitrogens with one attached hydrogen (secondary N) is 1. The second-order valence-corrected chi connectivity index (χ2v) is 6.73. The van der Waals surface area contributed by atoms with Crippen LogP contribution in [0.5, 0.6) is 0 Å². The van der Waals surface area contributed by atoms with E-state index in [4.69, 9.17) is 5.73 Å². The summed E-state index contributed by atoms with van der Waals surface area (Å²) in [5.41, 5.74) is 5.83. The molecule has 0 aliphatic carbocycles. The summed E-state index contributed by atoms with van der Waals surface area (Å²) >= 11 is 0. The molecule has 2 aromatic rings. The van der Waals surface area contributed by atoms with E-state index in [-0.39, 0.29) is 17.8 Å². The van der Waals surface area contributed by atoms with Crippen LogP contribution in [0.15, 0.2) is 48.7 Å². The Hall–Kier alpha value is -3.63. The van der Waals surface area contributed by atoms with Gasteiger partial charge in [-0.05, 0) is 29.7 Å². The Bertz CT molecular complexity index is 968. The summed E-state index contributed by atoms with van der Waals surface area (Å²) in [6.07, 6.45) is -3.52. The highest BCUT2D eigenvalue weighted by Crippen LogP contribution is 2.35. The van der Waals surface area contributed by atoms with Crippen LogP contribution >= 0.6 is 0 Å². The molecule has 0 bridgehead atoms. The molecule has 0 spiro atoms. The Kier molecular flexibility index (Phi) is 5.63. The van der Waals surface area contributed by atoms with E-state index >= 15 is 0 Å². The van der Waals surface area contributed by atoms with Gasteiger partial charge in [0.15, 0.2) is 12.1 Å². The third kappa shape index (κ3) is 4.19. The molecular formula is C19H17F3N4O4. The lowest BCUT2D eigenvalue weighted by atomic mass is 9.82. The predicted octanol–water partition coefficient (Wildman–Crippen LogP) is 2.13. The van der Waals surface area contributed by atoms with Crippen LogP contribution < -0.4 is 11.1 Å². The van der Waals surface area contributed by atoms with Crippen LogP contribution in [0.1, 0.15) is 17.2 Å². The number of imide groups is 1. The molecular weight excluding hydrogens is 405 g/mol. The van der Waals surface area contributed by atoms with Crippen molar-refractivity contribution in [3.63, 3.8) is 0 Å². The Labute approximate surface area is 168 Å². The lowest BCUT2D eigenvalue weighted by Gasteiger charge is -2.43. The minimum atomic E-state index is -4.85. The van der Waals surface area contributed by atoms with E-state index < -0.39 is 42.1 Å². The first-order valence-corrected chi connectivity index (χ1v) is 8.78. The number of amides is 3. The van der Waals surface area contributed by atoms with Crippen LogP contribution in [0.3, 0.4) is 0 Å². The largest absolute Gasteiger partial charge is 0.480 e. The molecule has 158 valence electrons. The van der Waals surface area contributed by atoms with Gasteiger partial charge in [-0.25, -0.2) is 19.5 Å². The number of carbonyl (C=O) groups excluding carboxylic acids is 2. The number of nitrogen functional groups attached to an aromatic ring is 1. The summed E-state index contributed by atoms with van der Waals surface area (Å²) in [7, 11) is 0. The van der Waals surface area contributed by atoms with Crippen LogP contribution in [0.2, 0.25) is 0 Å². The molecule has 3 amide bonds. The third-order valence-electron chi connectivity index (χ3n) is 4.71. The Balaban J connectivity index is 1.79. The third-order valence-corrected chi connectivity index (χ3v) is 4.71. The summed E-state index contributed by atoms with van der Waals surface area (Å²) < 4.78 is 40.4. The zero-order valence-electron chi connectivity index (χ0n) is 15.3.